The van der Waals surface area contributed by atoms with Crippen LogP contribution in [0.3, 0.4) is 0 Å². The zero-order chi connectivity index (χ0) is 18.2. The Bertz CT molecular complexity index is 850. The number of rotatable bonds is 6. The molecule has 0 aliphatic rings. The van der Waals surface area contributed by atoms with Gasteiger partial charge in [-0.3, -0.25) is 0 Å². The van der Waals surface area contributed by atoms with Crippen LogP contribution in [0.5, 0.6) is 0 Å². The standard InChI is InChI=1S/C18H14N2O5/c21-17(22)11-5-13-1-7-15(8-2-13)19-20(25)16-9-3-14(4-10-16)6-12-18(23)24/h1-12H,(H,21,22)(H,23,24)/b11-5+,12-6+,20-19?. The van der Waals surface area contributed by atoms with Crippen LogP contribution in [0.4, 0.5) is 11.4 Å². The highest BCUT2D eigenvalue weighted by molar-refractivity contribution is 5.85. The van der Waals surface area contributed by atoms with Crippen LogP contribution in [0, 0.1) is 5.21 Å². The largest absolute Gasteiger partial charge is 0.594 e. The first kappa shape index (κ1) is 17.6. The fourth-order valence-electron chi connectivity index (χ4n) is 1.86. The molecule has 7 heteroatoms. The van der Waals surface area contributed by atoms with Crippen molar-refractivity contribution < 1.29 is 24.7 Å². The Morgan fingerprint density at radius 3 is 1.72 bits per heavy atom. The van der Waals surface area contributed by atoms with Gasteiger partial charge < -0.3 is 15.4 Å². The fraction of sp³-hybridized carbons (Fsp3) is 0. The number of aliphatic carboxylic acids is 2. The van der Waals surface area contributed by atoms with E-state index in [1.165, 1.54) is 24.3 Å². The van der Waals surface area contributed by atoms with Crippen molar-refractivity contribution in [2.75, 3.05) is 0 Å². The van der Waals surface area contributed by atoms with Crippen LogP contribution in [0.25, 0.3) is 12.2 Å². The quantitative estimate of drug-likeness (QED) is 0.360. The molecule has 0 fully saturated rings. The summed E-state index contributed by atoms with van der Waals surface area (Å²) < 4.78 is 0. The second-order valence-corrected chi connectivity index (χ2v) is 4.90. The van der Waals surface area contributed by atoms with E-state index in [0.29, 0.717) is 27.4 Å². The number of benzene rings is 2. The highest BCUT2D eigenvalue weighted by Gasteiger charge is 2.04. The highest BCUT2D eigenvalue weighted by atomic mass is 16.5. The van der Waals surface area contributed by atoms with Gasteiger partial charge in [-0.2, -0.15) is 0 Å². The van der Waals surface area contributed by atoms with E-state index in [1.807, 2.05) is 0 Å². The Hall–Kier alpha value is -3.74. The zero-order valence-electron chi connectivity index (χ0n) is 12.9. The summed E-state index contributed by atoms with van der Waals surface area (Å²) in [6.45, 7) is 0. The second kappa shape index (κ2) is 8.21. The van der Waals surface area contributed by atoms with Gasteiger partial charge in [0.1, 0.15) is 5.69 Å². The maximum absolute atomic E-state index is 12.0. The smallest absolute Gasteiger partial charge is 0.328 e. The van der Waals surface area contributed by atoms with E-state index in [1.54, 1.807) is 36.4 Å². The molecule has 0 saturated carbocycles. The van der Waals surface area contributed by atoms with E-state index in [2.05, 4.69) is 5.11 Å². The van der Waals surface area contributed by atoms with Gasteiger partial charge >= 0.3 is 11.9 Å². The molecular formula is C18H14N2O5. The van der Waals surface area contributed by atoms with Crippen molar-refractivity contribution in [1.29, 1.82) is 0 Å². The number of carboxylic acid groups (broad SMARTS) is 2. The Kier molecular flexibility index (Phi) is 5.78. The fourth-order valence-corrected chi connectivity index (χ4v) is 1.86. The number of hydrogen-bond acceptors (Lipinski definition) is 4. The average molecular weight is 338 g/mol. The maximum Gasteiger partial charge on any atom is 0.328 e. The first-order chi connectivity index (χ1) is 11.9. The Balaban J connectivity index is 2.12. The molecule has 25 heavy (non-hydrogen) atoms. The van der Waals surface area contributed by atoms with Crippen molar-refractivity contribution in [3.8, 4) is 0 Å². The zero-order valence-corrected chi connectivity index (χ0v) is 12.9. The number of nitrogens with zero attached hydrogens (tertiary/aromatic N) is 2. The molecule has 2 N–H and O–H groups in total. The molecule has 0 bridgehead atoms. The Morgan fingerprint density at radius 1 is 0.840 bits per heavy atom. The summed E-state index contributed by atoms with van der Waals surface area (Å²) in [7, 11) is 0. The van der Waals surface area contributed by atoms with Gasteiger partial charge in [0.25, 0.3) is 0 Å². The first-order valence-electron chi connectivity index (χ1n) is 7.15. The third kappa shape index (κ3) is 5.76. The monoisotopic (exact) mass is 338 g/mol. The van der Waals surface area contributed by atoms with E-state index >= 15 is 0 Å². The van der Waals surface area contributed by atoms with Gasteiger partial charge in [0.05, 0.1) is 0 Å². The molecular weight excluding hydrogens is 324 g/mol. The minimum absolute atomic E-state index is 0.294. The molecule has 0 radical (unpaired) electrons. The number of hydrogen-bond donors (Lipinski definition) is 2. The van der Waals surface area contributed by atoms with Gasteiger partial charge in [0, 0.05) is 29.4 Å². The summed E-state index contributed by atoms with van der Waals surface area (Å²) >= 11 is 0. The van der Waals surface area contributed by atoms with Crippen molar-refractivity contribution in [1.82, 2.24) is 0 Å². The summed E-state index contributed by atoms with van der Waals surface area (Å²) in [5.41, 5.74) is 2.03. The van der Waals surface area contributed by atoms with E-state index in [4.69, 9.17) is 10.2 Å². The van der Waals surface area contributed by atoms with Crippen LogP contribution < -0.4 is 0 Å². The second-order valence-electron chi connectivity index (χ2n) is 4.90. The molecule has 0 aliphatic carbocycles. The van der Waals surface area contributed by atoms with Crippen LogP contribution >= 0.6 is 0 Å². The predicted molar refractivity (Wildman–Crippen MR) is 91.6 cm³/mol. The number of azo groups is 1. The van der Waals surface area contributed by atoms with E-state index in [9.17, 15) is 14.8 Å². The van der Waals surface area contributed by atoms with Crippen LogP contribution in [-0.2, 0) is 9.59 Å². The molecule has 0 spiro atoms. The topological polar surface area (TPSA) is 113 Å². The molecule has 0 heterocycles. The van der Waals surface area contributed by atoms with E-state index in [0.717, 1.165) is 12.2 Å². The van der Waals surface area contributed by atoms with Crippen molar-refractivity contribution in [2.45, 2.75) is 0 Å². The maximum atomic E-state index is 12.0. The minimum Gasteiger partial charge on any atom is -0.594 e. The molecule has 0 unspecified atom stereocenters. The summed E-state index contributed by atoms with van der Waals surface area (Å²) in [5.74, 6) is -2.09. The Labute approximate surface area is 143 Å². The summed E-state index contributed by atoms with van der Waals surface area (Å²) in [5, 5.41) is 33.1. The minimum atomic E-state index is -1.05. The third-order valence-corrected chi connectivity index (χ3v) is 3.05. The molecule has 0 atom stereocenters. The molecule has 2 aromatic rings. The van der Waals surface area contributed by atoms with Crippen LogP contribution in [-0.4, -0.2) is 27.0 Å². The van der Waals surface area contributed by atoms with Crippen LogP contribution in [0.1, 0.15) is 11.1 Å². The van der Waals surface area contributed by atoms with Crippen LogP contribution in [0.15, 0.2) is 65.8 Å². The predicted octanol–water partition coefficient (Wildman–Crippen LogP) is 3.81. The molecule has 0 saturated heterocycles. The SMILES string of the molecule is O=C(O)/C=C/c1ccc(N=[N+]([O-])c2ccc(/C=C/C(=O)O)cc2)cc1. The molecule has 7 nitrogen and oxygen atoms in total. The van der Waals surface area contributed by atoms with Gasteiger partial charge in [-0.1, -0.05) is 17.0 Å². The van der Waals surface area contributed by atoms with Gasteiger partial charge in [-0.15, -0.1) is 0 Å². The van der Waals surface area contributed by atoms with Crippen molar-refractivity contribution >= 4 is 35.5 Å². The Morgan fingerprint density at radius 2 is 1.28 bits per heavy atom. The first-order valence-corrected chi connectivity index (χ1v) is 7.15. The van der Waals surface area contributed by atoms with Gasteiger partial charge in [0.15, 0.2) is 0 Å². The molecule has 126 valence electrons. The van der Waals surface area contributed by atoms with E-state index < -0.39 is 11.9 Å². The van der Waals surface area contributed by atoms with Gasteiger partial charge in [0.2, 0.25) is 5.69 Å². The molecule has 0 amide bonds. The third-order valence-electron chi connectivity index (χ3n) is 3.05. The van der Waals surface area contributed by atoms with Crippen molar-refractivity contribution in [3.63, 3.8) is 0 Å². The van der Waals surface area contributed by atoms with Gasteiger partial charge in [-0.25, -0.2) is 9.59 Å². The number of carbonyl (C=O) groups is 2. The average Bonchev–Trinajstić information content (AvgIpc) is 2.59. The molecule has 0 aliphatic heterocycles. The lowest BCUT2D eigenvalue weighted by atomic mass is 10.2. The van der Waals surface area contributed by atoms with Crippen molar-refractivity contribution in [2.24, 2.45) is 5.11 Å². The lowest BCUT2D eigenvalue weighted by Gasteiger charge is -2.01. The normalized spacial score (nSPS) is 11.9. The molecule has 2 aromatic carbocycles. The lowest BCUT2D eigenvalue weighted by molar-refractivity contribution is -0.435. The summed E-state index contributed by atoms with van der Waals surface area (Å²) in [6.07, 6.45) is 4.88. The van der Waals surface area contributed by atoms with Crippen molar-refractivity contribution in [3.05, 3.63) is 77.0 Å². The van der Waals surface area contributed by atoms with E-state index in [-0.39, 0.29) is 0 Å². The van der Waals surface area contributed by atoms with Gasteiger partial charge in [-0.05, 0) is 47.5 Å². The highest BCUT2D eigenvalue weighted by Crippen LogP contribution is 2.19. The molecule has 2 rings (SSSR count). The summed E-state index contributed by atoms with van der Waals surface area (Å²) in [6, 6.07) is 12.7. The van der Waals surface area contributed by atoms with Crippen LogP contribution in [0.2, 0.25) is 0 Å². The lowest BCUT2D eigenvalue weighted by Crippen LogP contribution is -1.90. The number of carboxylic acids is 2. The molecule has 0 aromatic heterocycles. The summed E-state index contributed by atoms with van der Waals surface area (Å²) in [4.78, 5) is 21.4.